The zero-order chi connectivity index (χ0) is 12.1. The lowest BCUT2D eigenvalue weighted by atomic mass is 10.1. The molecule has 1 fully saturated rings. The highest BCUT2D eigenvalue weighted by Gasteiger charge is 2.14. The van der Waals surface area contributed by atoms with Gasteiger partial charge in [-0.05, 0) is 49.1 Å². The number of nitrogens with one attached hydrogen (secondary N) is 1. The van der Waals surface area contributed by atoms with Crippen molar-refractivity contribution in [1.29, 1.82) is 0 Å². The van der Waals surface area contributed by atoms with Gasteiger partial charge in [0.15, 0.2) is 0 Å². The summed E-state index contributed by atoms with van der Waals surface area (Å²) in [5.74, 6) is 0.741. The van der Waals surface area contributed by atoms with Gasteiger partial charge in [0.2, 0.25) is 0 Å². The van der Waals surface area contributed by atoms with Crippen molar-refractivity contribution in [3.8, 4) is 0 Å². The molecule has 0 aliphatic carbocycles. The largest absolute Gasteiger partial charge is 0.381 e. The minimum atomic E-state index is 0.741. The third-order valence-electron chi connectivity index (χ3n) is 3.08. The Morgan fingerprint density at radius 1 is 1.47 bits per heavy atom. The fraction of sp³-hybridized carbons (Fsp3) is 0.538. The summed E-state index contributed by atoms with van der Waals surface area (Å²) in [6.07, 6.45) is 2.40. The minimum Gasteiger partial charge on any atom is -0.381 e. The predicted octanol–water partition coefficient (Wildman–Crippen LogP) is 3.62. The van der Waals surface area contributed by atoms with E-state index in [9.17, 15) is 0 Å². The van der Waals surface area contributed by atoms with Crippen LogP contribution in [0.3, 0.4) is 0 Å². The Morgan fingerprint density at radius 3 is 3.12 bits per heavy atom. The van der Waals surface area contributed by atoms with Gasteiger partial charge in [0.05, 0.1) is 0 Å². The summed E-state index contributed by atoms with van der Waals surface area (Å²) in [5.41, 5.74) is 1.21. The first-order valence-electron chi connectivity index (χ1n) is 5.98. The van der Waals surface area contributed by atoms with Crippen molar-refractivity contribution in [3.63, 3.8) is 0 Å². The number of rotatable bonds is 5. The van der Waals surface area contributed by atoms with Gasteiger partial charge in [0.1, 0.15) is 0 Å². The zero-order valence-electron chi connectivity index (χ0n) is 9.72. The van der Waals surface area contributed by atoms with Crippen LogP contribution in [0.2, 0.25) is 5.02 Å². The molecule has 2 nitrogen and oxygen atoms in total. The Labute approximate surface area is 116 Å². The van der Waals surface area contributed by atoms with Crippen molar-refractivity contribution >= 4 is 27.5 Å². The number of benzene rings is 1. The molecule has 0 bridgehead atoms. The van der Waals surface area contributed by atoms with E-state index >= 15 is 0 Å². The van der Waals surface area contributed by atoms with Crippen LogP contribution < -0.4 is 5.32 Å². The molecule has 1 N–H and O–H groups in total. The Kier molecular flexibility index (Phi) is 5.29. The summed E-state index contributed by atoms with van der Waals surface area (Å²) >= 11 is 9.50. The molecule has 0 radical (unpaired) electrons. The molecule has 1 aromatic rings. The van der Waals surface area contributed by atoms with Gasteiger partial charge in [-0.25, -0.2) is 0 Å². The van der Waals surface area contributed by atoms with Crippen LogP contribution in [-0.4, -0.2) is 19.8 Å². The maximum absolute atomic E-state index is 5.97. The van der Waals surface area contributed by atoms with Gasteiger partial charge in [-0.1, -0.05) is 27.5 Å². The lowest BCUT2D eigenvalue weighted by molar-refractivity contribution is 0.184. The van der Waals surface area contributed by atoms with Crippen LogP contribution in [0.15, 0.2) is 22.7 Å². The third kappa shape index (κ3) is 4.25. The Balaban J connectivity index is 1.72. The molecule has 1 unspecified atom stereocenters. The molecule has 0 spiro atoms. The molecule has 1 atom stereocenters. The van der Waals surface area contributed by atoms with Crippen molar-refractivity contribution < 1.29 is 4.74 Å². The fourth-order valence-corrected chi connectivity index (χ4v) is 2.60. The number of ether oxygens (including phenoxy) is 1. The zero-order valence-corrected chi connectivity index (χ0v) is 12.1. The summed E-state index contributed by atoms with van der Waals surface area (Å²) in [5, 5.41) is 4.24. The highest BCUT2D eigenvalue weighted by molar-refractivity contribution is 9.10. The van der Waals surface area contributed by atoms with Gasteiger partial charge in [0.25, 0.3) is 0 Å². The van der Waals surface area contributed by atoms with E-state index in [0.29, 0.717) is 0 Å². The van der Waals surface area contributed by atoms with E-state index in [1.807, 2.05) is 18.2 Å². The molecule has 0 amide bonds. The first-order valence-corrected chi connectivity index (χ1v) is 7.15. The molecule has 1 aliphatic rings. The Morgan fingerprint density at radius 2 is 2.35 bits per heavy atom. The summed E-state index contributed by atoms with van der Waals surface area (Å²) in [7, 11) is 0. The smallest absolute Gasteiger partial charge is 0.0495 e. The lowest BCUT2D eigenvalue weighted by Gasteiger charge is -2.10. The minimum absolute atomic E-state index is 0.741. The average molecular weight is 319 g/mol. The fourth-order valence-electron chi connectivity index (χ4n) is 2.02. The average Bonchev–Trinajstić information content (AvgIpc) is 2.82. The van der Waals surface area contributed by atoms with Crippen LogP contribution in [0.5, 0.6) is 0 Å². The monoisotopic (exact) mass is 317 g/mol. The van der Waals surface area contributed by atoms with Crippen LogP contribution in [0.1, 0.15) is 18.4 Å². The number of hydrogen-bond acceptors (Lipinski definition) is 2. The van der Waals surface area contributed by atoms with Gasteiger partial charge in [-0.15, -0.1) is 0 Å². The highest BCUT2D eigenvalue weighted by Crippen LogP contribution is 2.21. The molecule has 0 aromatic heterocycles. The first-order chi connectivity index (χ1) is 8.25. The molecular weight excluding hydrogens is 302 g/mol. The van der Waals surface area contributed by atoms with Gasteiger partial charge >= 0.3 is 0 Å². The van der Waals surface area contributed by atoms with Crippen LogP contribution >= 0.6 is 27.5 Å². The second kappa shape index (κ2) is 6.74. The van der Waals surface area contributed by atoms with E-state index in [4.69, 9.17) is 16.3 Å². The standard InChI is InChI=1S/C13H17BrClNO/c14-13-2-1-12(15)7-11(13)8-16-5-3-10-4-6-17-9-10/h1-2,7,10,16H,3-6,8-9H2. The van der Waals surface area contributed by atoms with Crippen LogP contribution in [0.25, 0.3) is 0 Å². The molecule has 1 aliphatic heterocycles. The van der Waals surface area contributed by atoms with E-state index in [2.05, 4.69) is 21.2 Å². The van der Waals surface area contributed by atoms with Crippen LogP contribution in [0, 0.1) is 5.92 Å². The summed E-state index contributed by atoms with van der Waals surface area (Å²) in [4.78, 5) is 0. The highest BCUT2D eigenvalue weighted by atomic mass is 79.9. The van der Waals surface area contributed by atoms with E-state index in [1.54, 1.807) is 0 Å². The molecule has 1 aromatic carbocycles. The van der Waals surface area contributed by atoms with Crippen LogP contribution in [-0.2, 0) is 11.3 Å². The van der Waals surface area contributed by atoms with E-state index in [0.717, 1.165) is 41.7 Å². The predicted molar refractivity (Wildman–Crippen MR) is 74.4 cm³/mol. The third-order valence-corrected chi connectivity index (χ3v) is 4.09. The second-order valence-electron chi connectivity index (χ2n) is 4.43. The topological polar surface area (TPSA) is 21.3 Å². The van der Waals surface area contributed by atoms with E-state index < -0.39 is 0 Å². The number of halogens is 2. The van der Waals surface area contributed by atoms with E-state index in [1.165, 1.54) is 18.4 Å². The van der Waals surface area contributed by atoms with Crippen molar-refractivity contribution in [3.05, 3.63) is 33.3 Å². The molecule has 4 heteroatoms. The molecule has 1 heterocycles. The van der Waals surface area contributed by atoms with E-state index in [-0.39, 0.29) is 0 Å². The summed E-state index contributed by atoms with van der Waals surface area (Å²) in [6, 6.07) is 5.88. The molecule has 0 saturated carbocycles. The van der Waals surface area contributed by atoms with Gasteiger partial charge in [-0.3, -0.25) is 0 Å². The normalized spacial score (nSPS) is 19.8. The second-order valence-corrected chi connectivity index (χ2v) is 5.72. The van der Waals surface area contributed by atoms with Crippen molar-refractivity contribution in [1.82, 2.24) is 5.32 Å². The van der Waals surface area contributed by atoms with Gasteiger partial charge in [-0.2, -0.15) is 0 Å². The molecule has 2 rings (SSSR count). The SMILES string of the molecule is Clc1ccc(Br)c(CNCCC2CCOC2)c1. The van der Waals surface area contributed by atoms with Crippen molar-refractivity contribution in [2.24, 2.45) is 5.92 Å². The number of hydrogen-bond donors (Lipinski definition) is 1. The molecule has 94 valence electrons. The Bertz CT molecular complexity index is 366. The molecule has 17 heavy (non-hydrogen) atoms. The first kappa shape index (κ1) is 13.3. The van der Waals surface area contributed by atoms with Crippen LogP contribution in [0.4, 0.5) is 0 Å². The maximum atomic E-state index is 5.97. The Hall–Kier alpha value is -0.0900. The maximum Gasteiger partial charge on any atom is 0.0495 e. The molecule has 1 saturated heterocycles. The van der Waals surface area contributed by atoms with Gasteiger partial charge in [0, 0.05) is 29.3 Å². The van der Waals surface area contributed by atoms with Crippen molar-refractivity contribution in [2.45, 2.75) is 19.4 Å². The lowest BCUT2D eigenvalue weighted by Crippen LogP contribution is -2.18. The van der Waals surface area contributed by atoms with Gasteiger partial charge < -0.3 is 10.1 Å². The van der Waals surface area contributed by atoms with Crippen molar-refractivity contribution in [2.75, 3.05) is 19.8 Å². The summed E-state index contributed by atoms with van der Waals surface area (Å²) < 4.78 is 6.46. The molecular formula is C13H17BrClNO. The quantitative estimate of drug-likeness (QED) is 0.837. The summed E-state index contributed by atoms with van der Waals surface area (Å²) in [6.45, 7) is 3.76.